The molecular formula is C22H18O3. The summed E-state index contributed by atoms with van der Waals surface area (Å²) in [6, 6.07) is 19.5. The summed E-state index contributed by atoms with van der Waals surface area (Å²) in [5, 5.41) is 14.7. The summed E-state index contributed by atoms with van der Waals surface area (Å²) in [5.41, 5.74) is 1.60. The van der Waals surface area contributed by atoms with Crippen molar-refractivity contribution in [2.75, 3.05) is 0 Å². The summed E-state index contributed by atoms with van der Waals surface area (Å²) in [5.74, 6) is -0.127. The molecule has 25 heavy (non-hydrogen) atoms. The molecule has 0 heterocycles. The Morgan fingerprint density at radius 1 is 1.04 bits per heavy atom. The van der Waals surface area contributed by atoms with Crippen molar-refractivity contribution in [2.45, 2.75) is 19.4 Å². The number of hydrogen-bond acceptors (Lipinski definition) is 3. The van der Waals surface area contributed by atoms with E-state index in [-0.39, 0.29) is 11.7 Å². The van der Waals surface area contributed by atoms with E-state index in [1.807, 2.05) is 54.6 Å². The SMILES string of the molecule is CC(=O)O[C@H]1CC=c2ccccc2=C1c1c(O)ccc2ccccc12. The molecule has 3 aromatic carbocycles. The van der Waals surface area contributed by atoms with Gasteiger partial charge in [-0.3, -0.25) is 4.79 Å². The van der Waals surface area contributed by atoms with Crippen molar-refractivity contribution in [2.24, 2.45) is 0 Å². The molecule has 0 saturated carbocycles. The average molecular weight is 330 g/mol. The highest BCUT2D eigenvalue weighted by molar-refractivity contribution is 5.97. The van der Waals surface area contributed by atoms with Gasteiger partial charge in [-0.15, -0.1) is 0 Å². The second-order valence-electron chi connectivity index (χ2n) is 6.22. The average Bonchev–Trinajstić information content (AvgIpc) is 2.62. The van der Waals surface area contributed by atoms with Gasteiger partial charge >= 0.3 is 5.97 Å². The molecule has 0 spiro atoms. The number of rotatable bonds is 2. The van der Waals surface area contributed by atoms with Gasteiger partial charge in [0.15, 0.2) is 0 Å². The molecule has 0 bridgehead atoms. The highest BCUT2D eigenvalue weighted by Gasteiger charge is 2.25. The predicted molar refractivity (Wildman–Crippen MR) is 98.5 cm³/mol. The minimum Gasteiger partial charge on any atom is -0.507 e. The lowest BCUT2D eigenvalue weighted by Crippen LogP contribution is -2.36. The largest absolute Gasteiger partial charge is 0.507 e. The Labute approximate surface area is 145 Å². The third-order valence-corrected chi connectivity index (χ3v) is 4.61. The van der Waals surface area contributed by atoms with Gasteiger partial charge in [0.25, 0.3) is 0 Å². The maximum Gasteiger partial charge on any atom is 0.303 e. The molecule has 0 radical (unpaired) electrons. The third-order valence-electron chi connectivity index (χ3n) is 4.61. The Morgan fingerprint density at radius 2 is 1.80 bits per heavy atom. The summed E-state index contributed by atoms with van der Waals surface area (Å²) in [4.78, 5) is 11.6. The number of hydrogen-bond donors (Lipinski definition) is 1. The maximum absolute atomic E-state index is 11.6. The van der Waals surface area contributed by atoms with E-state index >= 15 is 0 Å². The normalized spacial score (nSPS) is 16.2. The van der Waals surface area contributed by atoms with Crippen LogP contribution in [0.3, 0.4) is 0 Å². The molecule has 0 fully saturated rings. The zero-order valence-electron chi connectivity index (χ0n) is 13.9. The first kappa shape index (κ1) is 15.5. The molecule has 1 aliphatic rings. The van der Waals surface area contributed by atoms with Crippen molar-refractivity contribution in [3.8, 4) is 5.75 Å². The van der Waals surface area contributed by atoms with Crippen molar-refractivity contribution >= 4 is 28.4 Å². The standard InChI is InChI=1S/C22H18O3/c1-14(23)25-20-13-11-16-7-3-5-9-18(16)22(20)21-17-8-4-2-6-15(17)10-12-19(21)24/h2-12,20,24H,13H2,1H3/t20-/m0/s1. The summed E-state index contributed by atoms with van der Waals surface area (Å²) >= 11 is 0. The number of carbonyl (C=O) groups is 1. The first-order chi connectivity index (χ1) is 12.1. The van der Waals surface area contributed by atoms with Gasteiger partial charge < -0.3 is 9.84 Å². The highest BCUT2D eigenvalue weighted by atomic mass is 16.5. The number of benzene rings is 3. The first-order valence-corrected chi connectivity index (χ1v) is 8.33. The first-order valence-electron chi connectivity index (χ1n) is 8.33. The number of phenolic OH excluding ortho intramolecular Hbond substituents is 1. The molecule has 4 rings (SSSR count). The minimum atomic E-state index is -0.413. The molecule has 3 heteroatoms. The van der Waals surface area contributed by atoms with Crippen LogP contribution in [-0.4, -0.2) is 17.2 Å². The number of ether oxygens (including phenoxy) is 1. The molecule has 0 aliphatic heterocycles. The minimum absolute atomic E-state index is 0.197. The van der Waals surface area contributed by atoms with Gasteiger partial charge in [-0.25, -0.2) is 0 Å². The van der Waals surface area contributed by atoms with Gasteiger partial charge in [0, 0.05) is 24.5 Å². The Morgan fingerprint density at radius 3 is 2.64 bits per heavy atom. The second kappa shape index (κ2) is 6.10. The molecule has 0 unspecified atom stereocenters. The Kier molecular flexibility index (Phi) is 3.77. The smallest absolute Gasteiger partial charge is 0.303 e. The highest BCUT2D eigenvalue weighted by Crippen LogP contribution is 2.35. The maximum atomic E-state index is 11.6. The van der Waals surface area contributed by atoms with E-state index in [1.54, 1.807) is 6.07 Å². The number of fused-ring (bicyclic) bond motifs is 2. The van der Waals surface area contributed by atoms with E-state index in [2.05, 4.69) is 6.08 Å². The Hall–Kier alpha value is -3.07. The van der Waals surface area contributed by atoms with Crippen LogP contribution in [0.1, 0.15) is 18.9 Å². The summed E-state index contributed by atoms with van der Waals surface area (Å²) in [7, 11) is 0. The second-order valence-corrected chi connectivity index (χ2v) is 6.22. The fourth-order valence-electron chi connectivity index (χ4n) is 3.59. The van der Waals surface area contributed by atoms with Crippen molar-refractivity contribution in [3.63, 3.8) is 0 Å². The molecular weight excluding hydrogens is 312 g/mol. The number of phenols is 1. The van der Waals surface area contributed by atoms with E-state index in [0.29, 0.717) is 6.42 Å². The fourth-order valence-corrected chi connectivity index (χ4v) is 3.59. The van der Waals surface area contributed by atoms with Crippen LogP contribution < -0.4 is 10.4 Å². The molecule has 1 aliphatic carbocycles. The van der Waals surface area contributed by atoms with Crippen LogP contribution in [0.4, 0.5) is 0 Å². The number of esters is 1. The van der Waals surface area contributed by atoms with Crippen molar-refractivity contribution < 1.29 is 14.6 Å². The van der Waals surface area contributed by atoms with Crippen LogP contribution in [0.15, 0.2) is 60.7 Å². The van der Waals surface area contributed by atoms with Crippen LogP contribution in [0, 0.1) is 0 Å². The van der Waals surface area contributed by atoms with Crippen LogP contribution in [0.2, 0.25) is 0 Å². The zero-order valence-corrected chi connectivity index (χ0v) is 13.9. The molecule has 0 amide bonds. The van der Waals surface area contributed by atoms with Crippen LogP contribution in [0.5, 0.6) is 5.75 Å². The van der Waals surface area contributed by atoms with E-state index in [4.69, 9.17) is 4.74 Å². The molecule has 3 nitrogen and oxygen atoms in total. The zero-order chi connectivity index (χ0) is 17.4. The van der Waals surface area contributed by atoms with Crippen molar-refractivity contribution in [1.82, 2.24) is 0 Å². The van der Waals surface area contributed by atoms with E-state index in [9.17, 15) is 9.90 Å². The number of aromatic hydroxyl groups is 1. The van der Waals surface area contributed by atoms with E-state index < -0.39 is 6.10 Å². The summed E-state index contributed by atoms with van der Waals surface area (Å²) < 4.78 is 5.60. The predicted octanol–water partition coefficient (Wildman–Crippen LogP) is 2.86. The molecule has 3 aromatic rings. The van der Waals surface area contributed by atoms with E-state index in [0.717, 1.165) is 32.3 Å². The molecule has 1 N–H and O–H groups in total. The van der Waals surface area contributed by atoms with Gasteiger partial charge in [-0.2, -0.15) is 0 Å². The van der Waals surface area contributed by atoms with Crippen molar-refractivity contribution in [3.05, 3.63) is 76.7 Å². The van der Waals surface area contributed by atoms with Gasteiger partial charge in [0.1, 0.15) is 11.9 Å². The molecule has 0 saturated heterocycles. The summed E-state index contributed by atoms with van der Waals surface area (Å²) in [6.07, 6.45) is 2.26. The van der Waals surface area contributed by atoms with Crippen molar-refractivity contribution in [1.29, 1.82) is 0 Å². The summed E-state index contributed by atoms with van der Waals surface area (Å²) in [6.45, 7) is 1.42. The van der Waals surface area contributed by atoms with Crippen LogP contribution >= 0.6 is 0 Å². The fraction of sp³-hybridized carbons (Fsp3) is 0.136. The Bertz CT molecular complexity index is 1100. The molecule has 124 valence electrons. The quantitative estimate of drug-likeness (QED) is 0.735. The molecule has 1 atom stereocenters. The van der Waals surface area contributed by atoms with Crippen LogP contribution in [-0.2, 0) is 9.53 Å². The molecule has 0 aromatic heterocycles. The lowest BCUT2D eigenvalue weighted by atomic mass is 9.87. The monoisotopic (exact) mass is 330 g/mol. The Balaban J connectivity index is 2.12. The van der Waals surface area contributed by atoms with Gasteiger partial charge in [0.05, 0.1) is 0 Å². The van der Waals surface area contributed by atoms with Gasteiger partial charge in [0.2, 0.25) is 0 Å². The third kappa shape index (κ3) is 2.68. The number of carbonyl (C=O) groups excluding carboxylic acids is 1. The van der Waals surface area contributed by atoms with Gasteiger partial charge in [-0.1, -0.05) is 60.7 Å². The topological polar surface area (TPSA) is 46.5 Å². The lowest BCUT2D eigenvalue weighted by Gasteiger charge is -2.24. The van der Waals surface area contributed by atoms with Gasteiger partial charge in [-0.05, 0) is 27.3 Å². The van der Waals surface area contributed by atoms with E-state index in [1.165, 1.54) is 6.92 Å². The van der Waals surface area contributed by atoms with Crippen LogP contribution in [0.25, 0.3) is 22.4 Å². The lowest BCUT2D eigenvalue weighted by molar-refractivity contribution is -0.143.